The lowest BCUT2D eigenvalue weighted by molar-refractivity contribution is 0.393. The van der Waals surface area contributed by atoms with Gasteiger partial charge in [-0.1, -0.05) is 16.8 Å². The first-order valence-corrected chi connectivity index (χ1v) is 8.23. The average Bonchev–Trinajstić information content (AvgIpc) is 3.10. The summed E-state index contributed by atoms with van der Waals surface area (Å²) in [4.78, 5) is 5.51. The zero-order chi connectivity index (χ0) is 16.4. The topological polar surface area (TPSA) is 60.2 Å². The molecule has 0 saturated carbocycles. The molecule has 3 aromatic heterocycles. The van der Waals surface area contributed by atoms with E-state index in [1.807, 2.05) is 32.0 Å². The quantitative estimate of drug-likeness (QED) is 0.724. The maximum atomic E-state index is 5.96. The molecule has 0 unspecified atom stereocenters. The van der Waals surface area contributed by atoms with Gasteiger partial charge in [0.1, 0.15) is 5.76 Å². The highest BCUT2D eigenvalue weighted by molar-refractivity contribution is 7.16. The van der Waals surface area contributed by atoms with Gasteiger partial charge in [-0.05, 0) is 32.0 Å². The highest BCUT2D eigenvalue weighted by atomic mass is 35.5. The van der Waals surface area contributed by atoms with Crippen LogP contribution in [-0.4, -0.2) is 17.3 Å². The smallest absolute Gasteiger partial charge is 0.237 e. The van der Waals surface area contributed by atoms with E-state index in [-0.39, 0.29) is 0 Å². The van der Waals surface area contributed by atoms with Crippen molar-refractivity contribution in [1.82, 2.24) is 10.1 Å². The molecule has 0 radical (unpaired) electrons. The van der Waals surface area contributed by atoms with Gasteiger partial charge < -0.3 is 14.6 Å². The first-order valence-electron chi connectivity index (χ1n) is 7.04. The normalized spacial score (nSPS) is 10.8. The van der Waals surface area contributed by atoms with E-state index in [0.717, 1.165) is 37.5 Å². The summed E-state index contributed by atoms with van der Waals surface area (Å²) in [6, 6.07) is 5.88. The zero-order valence-electron chi connectivity index (χ0n) is 13.0. The zero-order valence-corrected chi connectivity index (χ0v) is 14.6. The monoisotopic (exact) mass is 349 g/mol. The summed E-state index contributed by atoms with van der Waals surface area (Å²) in [6.45, 7) is 4.46. The number of ether oxygens (including phenoxy) is 1. The van der Waals surface area contributed by atoms with Gasteiger partial charge in [-0.15, -0.1) is 11.3 Å². The summed E-state index contributed by atoms with van der Waals surface area (Å²) in [5.41, 5.74) is 3.55. The molecule has 3 aromatic rings. The summed E-state index contributed by atoms with van der Waals surface area (Å²) >= 11 is 7.51. The van der Waals surface area contributed by atoms with Crippen LogP contribution in [0.4, 0.5) is 5.69 Å². The minimum Gasteiger partial charge on any atom is -0.480 e. The van der Waals surface area contributed by atoms with E-state index in [2.05, 4.69) is 15.5 Å². The first-order chi connectivity index (χ1) is 11.1. The Morgan fingerprint density at radius 1 is 1.35 bits per heavy atom. The second kappa shape index (κ2) is 6.60. The Kier molecular flexibility index (Phi) is 4.54. The molecule has 0 aliphatic carbocycles. The molecular formula is C16H16ClN3O2S. The van der Waals surface area contributed by atoms with Crippen LogP contribution in [0, 0.1) is 13.8 Å². The van der Waals surface area contributed by atoms with Crippen LogP contribution < -0.4 is 10.1 Å². The van der Waals surface area contributed by atoms with Gasteiger partial charge in [0.05, 0.1) is 22.8 Å². The number of nitrogens with one attached hydrogen (secondary N) is 1. The SMILES string of the molecule is COc1ncc(-c2c(C)noc2C)cc1NCc1ccc(Cl)s1. The standard InChI is InChI=1S/C16H16ClN3O2S/c1-9-15(10(2)22-20-9)11-6-13(16(21-3)19-7-11)18-8-12-4-5-14(17)23-12/h4-7,18H,8H2,1-3H3. The van der Waals surface area contributed by atoms with Crippen molar-refractivity contribution in [3.05, 3.63) is 45.1 Å². The molecule has 3 heterocycles. The van der Waals surface area contributed by atoms with Crippen molar-refractivity contribution < 1.29 is 9.26 Å². The minimum atomic E-state index is 0.545. The van der Waals surface area contributed by atoms with Crippen molar-refractivity contribution in [3.8, 4) is 17.0 Å². The number of hydrogen-bond acceptors (Lipinski definition) is 6. The molecule has 120 valence electrons. The summed E-state index contributed by atoms with van der Waals surface area (Å²) in [6.07, 6.45) is 1.76. The van der Waals surface area contributed by atoms with Crippen molar-refractivity contribution in [2.24, 2.45) is 0 Å². The Balaban J connectivity index is 1.90. The minimum absolute atomic E-state index is 0.545. The van der Waals surface area contributed by atoms with Crippen LogP contribution in [0.2, 0.25) is 4.34 Å². The summed E-state index contributed by atoms with van der Waals surface area (Å²) in [7, 11) is 1.60. The highest BCUT2D eigenvalue weighted by Crippen LogP contribution is 2.32. The van der Waals surface area contributed by atoms with Gasteiger partial charge >= 0.3 is 0 Å². The Morgan fingerprint density at radius 2 is 2.17 bits per heavy atom. The van der Waals surface area contributed by atoms with Gasteiger partial charge in [0, 0.05) is 28.7 Å². The lowest BCUT2D eigenvalue weighted by Crippen LogP contribution is -2.02. The molecule has 0 atom stereocenters. The third-order valence-electron chi connectivity index (χ3n) is 3.45. The number of aryl methyl sites for hydroxylation is 2. The maximum absolute atomic E-state index is 5.96. The molecule has 5 nitrogen and oxygen atoms in total. The number of halogens is 1. The second-order valence-electron chi connectivity index (χ2n) is 5.04. The van der Waals surface area contributed by atoms with E-state index in [9.17, 15) is 0 Å². The van der Waals surface area contributed by atoms with Crippen molar-refractivity contribution in [2.75, 3.05) is 12.4 Å². The van der Waals surface area contributed by atoms with E-state index in [1.54, 1.807) is 24.6 Å². The fraction of sp³-hybridized carbons (Fsp3) is 0.250. The number of methoxy groups -OCH3 is 1. The van der Waals surface area contributed by atoms with Crippen LogP contribution in [0.5, 0.6) is 5.88 Å². The third kappa shape index (κ3) is 3.33. The lowest BCUT2D eigenvalue weighted by atomic mass is 10.1. The number of hydrogen-bond donors (Lipinski definition) is 1. The van der Waals surface area contributed by atoms with Crippen LogP contribution in [0.1, 0.15) is 16.3 Å². The number of aromatic nitrogens is 2. The van der Waals surface area contributed by atoms with Gasteiger partial charge in [-0.2, -0.15) is 0 Å². The molecule has 0 bridgehead atoms. The van der Waals surface area contributed by atoms with Gasteiger partial charge in [-0.25, -0.2) is 4.98 Å². The summed E-state index contributed by atoms with van der Waals surface area (Å²) in [5.74, 6) is 1.31. The largest absolute Gasteiger partial charge is 0.480 e. The van der Waals surface area contributed by atoms with Crippen LogP contribution in [0.3, 0.4) is 0 Å². The van der Waals surface area contributed by atoms with E-state index < -0.39 is 0 Å². The van der Waals surface area contributed by atoms with Gasteiger partial charge in [0.15, 0.2) is 0 Å². The summed E-state index contributed by atoms with van der Waals surface area (Å²) in [5, 5.41) is 7.34. The molecule has 0 spiro atoms. The molecule has 1 N–H and O–H groups in total. The second-order valence-corrected chi connectivity index (χ2v) is 6.84. The first kappa shape index (κ1) is 15.8. The van der Waals surface area contributed by atoms with Crippen molar-refractivity contribution in [1.29, 1.82) is 0 Å². The Morgan fingerprint density at radius 3 is 2.78 bits per heavy atom. The molecule has 0 aliphatic heterocycles. The molecule has 0 amide bonds. The number of nitrogens with zero attached hydrogens (tertiary/aromatic N) is 2. The maximum Gasteiger partial charge on any atom is 0.237 e. The van der Waals surface area contributed by atoms with Gasteiger partial charge in [-0.3, -0.25) is 0 Å². The third-order valence-corrected chi connectivity index (χ3v) is 4.68. The Bertz CT molecular complexity index is 809. The molecule has 0 aliphatic rings. The molecule has 3 rings (SSSR count). The average molecular weight is 350 g/mol. The number of rotatable bonds is 5. The van der Waals surface area contributed by atoms with Crippen LogP contribution >= 0.6 is 22.9 Å². The lowest BCUT2D eigenvalue weighted by Gasteiger charge is -2.11. The van der Waals surface area contributed by atoms with Gasteiger partial charge in [0.2, 0.25) is 5.88 Å². The predicted octanol–water partition coefficient (Wildman–Crippen LogP) is 4.69. The molecular weight excluding hydrogens is 334 g/mol. The summed E-state index contributed by atoms with van der Waals surface area (Å²) < 4.78 is 11.3. The molecule has 0 saturated heterocycles. The Labute approximate surface area is 143 Å². The van der Waals surface area contributed by atoms with Crippen LogP contribution in [0.15, 0.2) is 28.9 Å². The predicted molar refractivity (Wildman–Crippen MR) is 92.4 cm³/mol. The van der Waals surface area contributed by atoms with E-state index in [4.69, 9.17) is 20.9 Å². The number of thiophene rings is 1. The fourth-order valence-electron chi connectivity index (χ4n) is 2.40. The van der Waals surface area contributed by atoms with Crippen molar-refractivity contribution in [3.63, 3.8) is 0 Å². The van der Waals surface area contributed by atoms with Crippen molar-refractivity contribution >= 4 is 28.6 Å². The van der Waals surface area contributed by atoms with E-state index in [0.29, 0.717) is 12.4 Å². The number of pyridine rings is 1. The van der Waals surface area contributed by atoms with Gasteiger partial charge in [0.25, 0.3) is 0 Å². The Hall–Kier alpha value is -2.05. The van der Waals surface area contributed by atoms with E-state index >= 15 is 0 Å². The fourth-order valence-corrected chi connectivity index (χ4v) is 3.43. The molecule has 0 fully saturated rings. The van der Waals surface area contributed by atoms with Crippen LogP contribution in [-0.2, 0) is 6.54 Å². The number of anilines is 1. The van der Waals surface area contributed by atoms with E-state index in [1.165, 1.54) is 0 Å². The highest BCUT2D eigenvalue weighted by Gasteiger charge is 2.15. The van der Waals surface area contributed by atoms with Crippen LogP contribution in [0.25, 0.3) is 11.1 Å². The molecule has 23 heavy (non-hydrogen) atoms. The van der Waals surface area contributed by atoms with Crippen molar-refractivity contribution in [2.45, 2.75) is 20.4 Å². The molecule has 7 heteroatoms. The molecule has 0 aromatic carbocycles.